The van der Waals surface area contributed by atoms with Gasteiger partial charge in [-0.2, -0.15) is 0 Å². The van der Waals surface area contributed by atoms with E-state index in [1.54, 1.807) is 0 Å². The van der Waals surface area contributed by atoms with Crippen molar-refractivity contribution < 1.29 is 9.53 Å². The zero-order chi connectivity index (χ0) is 12.9. The molecule has 0 bridgehead atoms. The van der Waals surface area contributed by atoms with Crippen molar-refractivity contribution in [3.63, 3.8) is 0 Å². The smallest absolute Gasteiger partial charge is 0.306 e. The van der Waals surface area contributed by atoms with Crippen LogP contribution in [0, 0.1) is 0 Å². The fourth-order valence-corrected chi connectivity index (χ4v) is 1.90. The largest absolute Gasteiger partial charge is 0.463 e. The Morgan fingerprint density at radius 1 is 0.941 bits per heavy atom. The normalized spacial score (nSPS) is 12.4. The van der Waals surface area contributed by atoms with E-state index in [0.717, 1.165) is 25.7 Å². The number of hydrogen-bond donors (Lipinski definition) is 0. The first-order chi connectivity index (χ1) is 8.20. The molecule has 1 unspecified atom stereocenters. The van der Waals surface area contributed by atoms with Crippen LogP contribution in [-0.4, -0.2) is 12.1 Å². The summed E-state index contributed by atoms with van der Waals surface area (Å²) in [5.74, 6) is -0.0143. The van der Waals surface area contributed by atoms with Gasteiger partial charge in [0.25, 0.3) is 0 Å². The maximum Gasteiger partial charge on any atom is 0.306 e. The van der Waals surface area contributed by atoms with Crippen LogP contribution in [-0.2, 0) is 9.53 Å². The molecule has 0 heterocycles. The van der Waals surface area contributed by atoms with Gasteiger partial charge in [0.15, 0.2) is 0 Å². The highest BCUT2D eigenvalue weighted by molar-refractivity contribution is 5.69. The molecule has 0 aliphatic heterocycles. The third-order valence-electron chi connectivity index (χ3n) is 3.03. The van der Waals surface area contributed by atoms with Crippen molar-refractivity contribution in [3.8, 4) is 0 Å². The summed E-state index contributed by atoms with van der Waals surface area (Å²) in [7, 11) is 0. The molecule has 0 radical (unpaired) electrons. The van der Waals surface area contributed by atoms with E-state index >= 15 is 0 Å². The summed E-state index contributed by atoms with van der Waals surface area (Å²) >= 11 is 0. The third kappa shape index (κ3) is 11.7. The van der Waals surface area contributed by atoms with E-state index in [0.29, 0.717) is 6.42 Å². The molecule has 1 atom stereocenters. The lowest BCUT2D eigenvalue weighted by Crippen LogP contribution is -2.14. The Labute approximate surface area is 107 Å². The van der Waals surface area contributed by atoms with E-state index in [4.69, 9.17) is 4.74 Å². The average molecular weight is 242 g/mol. The molecule has 0 aliphatic rings. The Morgan fingerprint density at radius 2 is 1.53 bits per heavy atom. The summed E-state index contributed by atoms with van der Waals surface area (Å²) in [5, 5.41) is 0. The quantitative estimate of drug-likeness (QED) is 0.382. The van der Waals surface area contributed by atoms with Crippen molar-refractivity contribution in [1.29, 1.82) is 0 Å². The highest BCUT2D eigenvalue weighted by Gasteiger charge is 2.08. The van der Waals surface area contributed by atoms with E-state index in [-0.39, 0.29) is 12.1 Å². The van der Waals surface area contributed by atoms with Gasteiger partial charge in [-0.05, 0) is 26.2 Å². The maximum atomic E-state index is 11.4. The van der Waals surface area contributed by atoms with E-state index in [9.17, 15) is 4.79 Å². The molecule has 0 aromatic rings. The van der Waals surface area contributed by atoms with Crippen LogP contribution < -0.4 is 0 Å². The van der Waals surface area contributed by atoms with Crippen molar-refractivity contribution in [2.75, 3.05) is 0 Å². The summed E-state index contributed by atoms with van der Waals surface area (Å²) in [6.45, 7) is 6.38. The number of carbonyl (C=O) groups is 1. The van der Waals surface area contributed by atoms with Crippen molar-refractivity contribution in [2.45, 2.75) is 91.1 Å². The van der Waals surface area contributed by atoms with Gasteiger partial charge in [0.1, 0.15) is 0 Å². The lowest BCUT2D eigenvalue weighted by atomic mass is 10.1. The van der Waals surface area contributed by atoms with Gasteiger partial charge in [0.05, 0.1) is 6.10 Å². The molecule has 2 nitrogen and oxygen atoms in total. The Kier molecular flexibility index (Phi) is 11.6. The average Bonchev–Trinajstić information content (AvgIpc) is 2.29. The molecule has 0 rings (SSSR count). The van der Waals surface area contributed by atoms with Crippen LogP contribution in [0.5, 0.6) is 0 Å². The minimum atomic E-state index is -0.0143. The highest BCUT2D eigenvalue weighted by Crippen LogP contribution is 2.10. The topological polar surface area (TPSA) is 26.3 Å². The first-order valence-electron chi connectivity index (χ1n) is 7.40. The van der Waals surface area contributed by atoms with Gasteiger partial charge in [-0.1, -0.05) is 52.4 Å². The molecule has 0 N–H and O–H groups in total. The molecular formula is C15H30O2. The summed E-state index contributed by atoms with van der Waals surface area (Å²) in [6.07, 6.45) is 11.3. The lowest BCUT2D eigenvalue weighted by molar-refractivity contribution is -0.148. The molecule has 0 fully saturated rings. The predicted molar refractivity (Wildman–Crippen MR) is 73.1 cm³/mol. The molecule has 0 saturated heterocycles. The lowest BCUT2D eigenvalue weighted by Gasteiger charge is -2.13. The third-order valence-corrected chi connectivity index (χ3v) is 3.03. The van der Waals surface area contributed by atoms with Crippen LogP contribution in [0.2, 0.25) is 0 Å². The van der Waals surface area contributed by atoms with Gasteiger partial charge < -0.3 is 4.74 Å². The second-order valence-corrected chi connectivity index (χ2v) is 4.96. The summed E-state index contributed by atoms with van der Waals surface area (Å²) in [6, 6.07) is 0. The molecule has 17 heavy (non-hydrogen) atoms. The molecular weight excluding hydrogens is 212 g/mol. The zero-order valence-corrected chi connectivity index (χ0v) is 12.0. The van der Waals surface area contributed by atoms with E-state index in [2.05, 4.69) is 13.8 Å². The predicted octanol–water partition coefficient (Wildman–Crippen LogP) is 4.86. The van der Waals surface area contributed by atoms with E-state index < -0.39 is 0 Å². The minimum Gasteiger partial charge on any atom is -0.463 e. The Balaban J connectivity index is 3.37. The van der Waals surface area contributed by atoms with Crippen molar-refractivity contribution >= 4 is 5.97 Å². The van der Waals surface area contributed by atoms with Crippen molar-refractivity contribution in [1.82, 2.24) is 0 Å². The first kappa shape index (κ1) is 16.5. The minimum absolute atomic E-state index is 0.0143. The SMILES string of the molecule is CCCCCCCC(C)OC(=O)CCCCC. The number of unbranched alkanes of at least 4 members (excludes halogenated alkanes) is 6. The zero-order valence-electron chi connectivity index (χ0n) is 12.0. The van der Waals surface area contributed by atoms with Crippen LogP contribution in [0.4, 0.5) is 0 Å². The van der Waals surface area contributed by atoms with Crippen molar-refractivity contribution in [2.24, 2.45) is 0 Å². The molecule has 0 aliphatic carbocycles. The van der Waals surface area contributed by atoms with E-state index in [1.165, 1.54) is 32.1 Å². The molecule has 0 aromatic carbocycles. The molecule has 2 heteroatoms. The number of esters is 1. The van der Waals surface area contributed by atoms with Gasteiger partial charge in [0, 0.05) is 6.42 Å². The summed E-state index contributed by atoms with van der Waals surface area (Å²) < 4.78 is 5.36. The van der Waals surface area contributed by atoms with Crippen LogP contribution in [0.1, 0.15) is 85.0 Å². The molecule has 0 saturated carbocycles. The fraction of sp³-hybridized carbons (Fsp3) is 0.933. The Morgan fingerprint density at radius 3 is 2.18 bits per heavy atom. The maximum absolute atomic E-state index is 11.4. The first-order valence-corrected chi connectivity index (χ1v) is 7.40. The number of hydrogen-bond acceptors (Lipinski definition) is 2. The Hall–Kier alpha value is -0.530. The van der Waals surface area contributed by atoms with Crippen LogP contribution in [0.25, 0.3) is 0 Å². The molecule has 0 amide bonds. The van der Waals surface area contributed by atoms with Gasteiger partial charge in [-0.25, -0.2) is 0 Å². The van der Waals surface area contributed by atoms with Crippen LogP contribution in [0.3, 0.4) is 0 Å². The number of ether oxygens (including phenoxy) is 1. The second kappa shape index (κ2) is 11.9. The van der Waals surface area contributed by atoms with Crippen LogP contribution >= 0.6 is 0 Å². The summed E-state index contributed by atoms with van der Waals surface area (Å²) in [5.41, 5.74) is 0. The molecule has 0 spiro atoms. The van der Waals surface area contributed by atoms with Gasteiger partial charge in [-0.3, -0.25) is 4.79 Å². The molecule has 102 valence electrons. The van der Waals surface area contributed by atoms with E-state index in [1.807, 2.05) is 6.92 Å². The highest BCUT2D eigenvalue weighted by atomic mass is 16.5. The second-order valence-electron chi connectivity index (χ2n) is 4.96. The molecule has 0 aromatic heterocycles. The van der Waals surface area contributed by atoms with Gasteiger partial charge in [-0.15, -0.1) is 0 Å². The Bertz CT molecular complexity index is 178. The standard InChI is InChI=1S/C15H30O2/c1-4-6-8-9-11-12-14(3)17-15(16)13-10-7-5-2/h14H,4-13H2,1-3H3. The monoisotopic (exact) mass is 242 g/mol. The fourth-order valence-electron chi connectivity index (χ4n) is 1.90. The van der Waals surface area contributed by atoms with Crippen molar-refractivity contribution in [3.05, 3.63) is 0 Å². The number of carbonyl (C=O) groups excluding carboxylic acids is 1. The van der Waals surface area contributed by atoms with Gasteiger partial charge >= 0.3 is 5.97 Å². The van der Waals surface area contributed by atoms with Crippen LogP contribution in [0.15, 0.2) is 0 Å². The summed E-state index contributed by atoms with van der Waals surface area (Å²) in [4.78, 5) is 11.4. The van der Waals surface area contributed by atoms with Gasteiger partial charge in [0.2, 0.25) is 0 Å². The number of rotatable bonds is 11.